The van der Waals surface area contributed by atoms with Gasteiger partial charge in [0.15, 0.2) is 0 Å². The summed E-state index contributed by atoms with van der Waals surface area (Å²) in [4.78, 5) is 2.43. The maximum atomic E-state index is 11.7. The molecule has 0 unspecified atom stereocenters. The molecule has 0 saturated carbocycles. The van der Waals surface area contributed by atoms with Gasteiger partial charge in [-0.15, -0.1) is 0 Å². The van der Waals surface area contributed by atoms with Crippen LogP contribution < -0.4 is 4.72 Å². The molecule has 19 heavy (non-hydrogen) atoms. The van der Waals surface area contributed by atoms with Gasteiger partial charge in [-0.1, -0.05) is 0 Å². The van der Waals surface area contributed by atoms with Crippen LogP contribution in [-0.2, 0) is 21.4 Å². The maximum Gasteiger partial charge on any atom is 0.411 e. The SMILES string of the molecule is O=S(=O)(NCCOCC(F)(F)F)c1c[nH]c(CO)c1. The molecule has 0 aromatic carbocycles. The number of ether oxygens (including phenoxy) is 1. The summed E-state index contributed by atoms with van der Waals surface area (Å²) in [5.74, 6) is 0. The van der Waals surface area contributed by atoms with Gasteiger partial charge < -0.3 is 14.8 Å². The smallest absolute Gasteiger partial charge is 0.390 e. The number of aromatic nitrogens is 1. The summed E-state index contributed by atoms with van der Waals surface area (Å²) in [5.41, 5.74) is 0.314. The Labute approximate surface area is 107 Å². The van der Waals surface area contributed by atoms with Gasteiger partial charge in [0.2, 0.25) is 10.0 Å². The quantitative estimate of drug-likeness (QED) is 0.634. The van der Waals surface area contributed by atoms with Crippen LogP contribution in [0.25, 0.3) is 0 Å². The zero-order valence-corrected chi connectivity index (χ0v) is 10.5. The van der Waals surface area contributed by atoms with Gasteiger partial charge in [-0.25, -0.2) is 13.1 Å². The van der Waals surface area contributed by atoms with E-state index in [1.165, 1.54) is 12.3 Å². The van der Waals surface area contributed by atoms with Crippen LogP contribution in [0.2, 0.25) is 0 Å². The normalized spacial score (nSPS) is 12.8. The molecule has 110 valence electrons. The highest BCUT2D eigenvalue weighted by atomic mass is 32.2. The van der Waals surface area contributed by atoms with Gasteiger partial charge in [-0.05, 0) is 6.07 Å². The average molecular weight is 302 g/mol. The Morgan fingerprint density at radius 2 is 2.11 bits per heavy atom. The first-order chi connectivity index (χ1) is 8.74. The van der Waals surface area contributed by atoms with Gasteiger partial charge in [0.1, 0.15) is 6.61 Å². The minimum Gasteiger partial charge on any atom is -0.390 e. The summed E-state index contributed by atoms with van der Waals surface area (Å²) in [6.07, 6.45) is -3.26. The number of rotatable bonds is 7. The standard InChI is InChI=1S/C9H13F3N2O4S/c10-9(11,12)6-18-2-1-14-19(16,17)8-3-7(5-15)13-4-8/h3-4,13-15H,1-2,5-6H2. The van der Waals surface area contributed by atoms with E-state index in [1.54, 1.807) is 0 Å². The predicted octanol–water partition coefficient (Wildman–Crippen LogP) is 0.364. The zero-order valence-electron chi connectivity index (χ0n) is 9.70. The average Bonchev–Trinajstić information content (AvgIpc) is 2.76. The molecule has 0 aliphatic carbocycles. The van der Waals surface area contributed by atoms with Crippen molar-refractivity contribution in [1.82, 2.24) is 9.71 Å². The molecule has 1 heterocycles. The molecule has 0 atom stereocenters. The number of aliphatic hydroxyl groups is 1. The Hall–Kier alpha value is -1.10. The minimum absolute atomic E-state index is 0.104. The summed E-state index contributed by atoms with van der Waals surface area (Å²) in [5, 5.41) is 8.77. The Bertz CT molecular complexity index is 498. The molecule has 0 spiro atoms. The number of hydrogen-bond donors (Lipinski definition) is 3. The summed E-state index contributed by atoms with van der Waals surface area (Å²) in [7, 11) is -3.82. The lowest BCUT2D eigenvalue weighted by atomic mass is 10.5. The molecular weight excluding hydrogens is 289 g/mol. The number of halogens is 3. The van der Waals surface area contributed by atoms with E-state index >= 15 is 0 Å². The van der Waals surface area contributed by atoms with Crippen molar-refractivity contribution in [2.45, 2.75) is 17.7 Å². The van der Waals surface area contributed by atoms with E-state index in [0.29, 0.717) is 5.69 Å². The highest BCUT2D eigenvalue weighted by Crippen LogP contribution is 2.14. The predicted molar refractivity (Wildman–Crippen MR) is 58.8 cm³/mol. The third kappa shape index (κ3) is 5.59. The molecule has 0 amide bonds. The lowest BCUT2D eigenvalue weighted by Gasteiger charge is -2.08. The Balaban J connectivity index is 2.39. The summed E-state index contributed by atoms with van der Waals surface area (Å²) in [6, 6.07) is 1.22. The molecule has 1 rings (SSSR count). The number of aliphatic hydroxyl groups excluding tert-OH is 1. The molecule has 6 nitrogen and oxygen atoms in total. The fraction of sp³-hybridized carbons (Fsp3) is 0.556. The third-order valence-electron chi connectivity index (χ3n) is 2.00. The molecule has 1 aromatic heterocycles. The number of H-pyrrole nitrogens is 1. The van der Waals surface area contributed by atoms with Crippen LogP contribution in [0.1, 0.15) is 5.69 Å². The van der Waals surface area contributed by atoms with Gasteiger partial charge in [-0.3, -0.25) is 0 Å². The van der Waals surface area contributed by atoms with Crippen molar-refractivity contribution >= 4 is 10.0 Å². The fourth-order valence-electron chi connectivity index (χ4n) is 1.18. The molecule has 3 N–H and O–H groups in total. The van der Waals surface area contributed by atoms with Crippen LogP contribution >= 0.6 is 0 Å². The van der Waals surface area contributed by atoms with Gasteiger partial charge in [-0.2, -0.15) is 13.2 Å². The summed E-state index contributed by atoms with van der Waals surface area (Å²) < 4.78 is 64.8. The first-order valence-electron chi connectivity index (χ1n) is 5.17. The van der Waals surface area contributed by atoms with Crippen LogP contribution in [-0.4, -0.2) is 44.4 Å². The van der Waals surface area contributed by atoms with Gasteiger partial charge in [0.25, 0.3) is 0 Å². The monoisotopic (exact) mass is 302 g/mol. The largest absolute Gasteiger partial charge is 0.411 e. The van der Waals surface area contributed by atoms with Crippen molar-refractivity contribution in [3.05, 3.63) is 18.0 Å². The number of alkyl halides is 3. The van der Waals surface area contributed by atoms with Crippen molar-refractivity contribution in [3.63, 3.8) is 0 Å². The van der Waals surface area contributed by atoms with Crippen molar-refractivity contribution in [2.24, 2.45) is 0 Å². The molecule has 0 radical (unpaired) electrons. The Morgan fingerprint density at radius 1 is 1.42 bits per heavy atom. The lowest BCUT2D eigenvalue weighted by molar-refractivity contribution is -0.173. The summed E-state index contributed by atoms with van der Waals surface area (Å²) >= 11 is 0. The van der Waals surface area contributed by atoms with Crippen LogP contribution in [0.5, 0.6) is 0 Å². The van der Waals surface area contributed by atoms with E-state index in [0.717, 1.165) is 0 Å². The van der Waals surface area contributed by atoms with Crippen molar-refractivity contribution in [1.29, 1.82) is 0 Å². The molecule has 0 aliphatic heterocycles. The number of aromatic amines is 1. The van der Waals surface area contributed by atoms with Gasteiger partial charge in [0.05, 0.1) is 18.1 Å². The van der Waals surface area contributed by atoms with Crippen LogP contribution in [0, 0.1) is 0 Å². The lowest BCUT2D eigenvalue weighted by Crippen LogP contribution is -2.28. The number of nitrogens with one attached hydrogen (secondary N) is 2. The van der Waals surface area contributed by atoms with E-state index in [2.05, 4.69) is 14.4 Å². The van der Waals surface area contributed by atoms with Gasteiger partial charge >= 0.3 is 6.18 Å². The molecular formula is C9H13F3N2O4S. The van der Waals surface area contributed by atoms with E-state index in [4.69, 9.17) is 5.11 Å². The Morgan fingerprint density at radius 3 is 2.63 bits per heavy atom. The minimum atomic E-state index is -4.43. The molecule has 0 bridgehead atoms. The second-order valence-electron chi connectivity index (χ2n) is 3.58. The highest BCUT2D eigenvalue weighted by molar-refractivity contribution is 7.89. The molecule has 0 aliphatic rings. The van der Waals surface area contributed by atoms with Gasteiger partial charge in [0, 0.05) is 18.4 Å². The van der Waals surface area contributed by atoms with Crippen LogP contribution in [0.15, 0.2) is 17.2 Å². The van der Waals surface area contributed by atoms with Crippen LogP contribution in [0.4, 0.5) is 13.2 Å². The second kappa shape index (κ2) is 6.37. The van der Waals surface area contributed by atoms with Crippen LogP contribution in [0.3, 0.4) is 0 Å². The molecule has 1 aromatic rings. The van der Waals surface area contributed by atoms with E-state index in [9.17, 15) is 21.6 Å². The molecule has 0 saturated heterocycles. The second-order valence-corrected chi connectivity index (χ2v) is 5.35. The number of hydrogen-bond acceptors (Lipinski definition) is 4. The van der Waals surface area contributed by atoms with E-state index in [1.807, 2.05) is 0 Å². The van der Waals surface area contributed by atoms with Crippen molar-refractivity contribution in [3.8, 4) is 0 Å². The first-order valence-corrected chi connectivity index (χ1v) is 6.65. The zero-order chi connectivity index (χ0) is 14.5. The maximum absolute atomic E-state index is 11.7. The third-order valence-corrected chi connectivity index (χ3v) is 3.44. The molecule has 10 heteroatoms. The van der Waals surface area contributed by atoms with Crippen molar-refractivity contribution < 1.29 is 31.4 Å². The highest BCUT2D eigenvalue weighted by Gasteiger charge is 2.27. The summed E-state index contributed by atoms with van der Waals surface area (Å²) in [6.45, 7) is -2.44. The molecule has 0 fully saturated rings. The fourth-order valence-corrected chi connectivity index (χ4v) is 2.21. The first kappa shape index (κ1) is 16.0. The number of sulfonamides is 1. The van der Waals surface area contributed by atoms with E-state index < -0.39 is 29.4 Å². The topological polar surface area (TPSA) is 91.4 Å². The van der Waals surface area contributed by atoms with E-state index in [-0.39, 0.29) is 18.0 Å². The Kier molecular flexibility index (Phi) is 5.35. The van der Waals surface area contributed by atoms with Crippen molar-refractivity contribution in [2.75, 3.05) is 19.8 Å².